The van der Waals surface area contributed by atoms with Crippen molar-refractivity contribution in [1.29, 1.82) is 5.26 Å². The first-order valence-corrected chi connectivity index (χ1v) is 11.4. The summed E-state index contributed by atoms with van der Waals surface area (Å²) in [5.74, 6) is 0.152. The van der Waals surface area contributed by atoms with Crippen LogP contribution < -0.4 is 5.32 Å². The highest BCUT2D eigenvalue weighted by Crippen LogP contribution is 2.23. The fraction of sp³-hybridized carbons (Fsp3) is 0.296. The van der Waals surface area contributed by atoms with Gasteiger partial charge in [-0.05, 0) is 28.8 Å². The number of piperazine rings is 1. The number of nitrogens with zero attached hydrogens (tertiary/aromatic N) is 4. The molecule has 1 aliphatic heterocycles. The van der Waals surface area contributed by atoms with Gasteiger partial charge in [0.15, 0.2) is 0 Å². The molecule has 0 radical (unpaired) electrons. The average molecular weight is 440 g/mol. The molecule has 3 aromatic rings. The van der Waals surface area contributed by atoms with E-state index in [1.54, 1.807) is 12.4 Å². The molecule has 1 N–H and O–H groups in total. The van der Waals surface area contributed by atoms with Crippen molar-refractivity contribution in [2.45, 2.75) is 18.5 Å². The SMILES string of the molecule is N#CC(c1ccncc1)N1CCN(C(=O)CCNC(c2ccccc2)c2ccccc2)CC1. The van der Waals surface area contributed by atoms with Crippen molar-refractivity contribution < 1.29 is 4.79 Å². The van der Waals surface area contributed by atoms with E-state index < -0.39 is 0 Å². The van der Waals surface area contributed by atoms with E-state index in [0.29, 0.717) is 39.1 Å². The lowest BCUT2D eigenvalue weighted by molar-refractivity contribution is -0.133. The highest BCUT2D eigenvalue weighted by molar-refractivity contribution is 5.76. The molecule has 6 nitrogen and oxygen atoms in total. The summed E-state index contributed by atoms with van der Waals surface area (Å²) in [5.41, 5.74) is 3.32. The van der Waals surface area contributed by atoms with Gasteiger partial charge >= 0.3 is 0 Å². The minimum atomic E-state index is -0.301. The summed E-state index contributed by atoms with van der Waals surface area (Å²) >= 11 is 0. The molecule has 6 heteroatoms. The van der Waals surface area contributed by atoms with E-state index in [1.165, 1.54) is 11.1 Å². The smallest absolute Gasteiger partial charge is 0.223 e. The fourth-order valence-corrected chi connectivity index (χ4v) is 4.34. The number of rotatable bonds is 8. The van der Waals surface area contributed by atoms with Gasteiger partial charge in [-0.1, -0.05) is 60.7 Å². The van der Waals surface area contributed by atoms with Crippen LogP contribution in [0.5, 0.6) is 0 Å². The van der Waals surface area contributed by atoms with Crippen LogP contribution in [0.1, 0.15) is 35.2 Å². The van der Waals surface area contributed by atoms with E-state index in [1.807, 2.05) is 53.4 Å². The number of carbonyl (C=O) groups excluding carboxylic acids is 1. The Morgan fingerprint density at radius 2 is 1.45 bits per heavy atom. The first-order chi connectivity index (χ1) is 16.3. The Balaban J connectivity index is 1.30. The van der Waals surface area contributed by atoms with Crippen LogP contribution in [0.25, 0.3) is 0 Å². The number of hydrogen-bond donors (Lipinski definition) is 1. The number of aromatic nitrogens is 1. The van der Waals surface area contributed by atoms with Crippen LogP contribution in [0.4, 0.5) is 0 Å². The summed E-state index contributed by atoms with van der Waals surface area (Å²) in [6.45, 7) is 3.27. The summed E-state index contributed by atoms with van der Waals surface area (Å²) in [6, 6.07) is 26.5. The molecule has 1 atom stereocenters. The predicted octanol–water partition coefficient (Wildman–Crippen LogP) is 3.56. The molecule has 1 aromatic heterocycles. The highest BCUT2D eigenvalue weighted by atomic mass is 16.2. The zero-order chi connectivity index (χ0) is 22.9. The van der Waals surface area contributed by atoms with Crippen molar-refractivity contribution in [3.8, 4) is 6.07 Å². The van der Waals surface area contributed by atoms with Gasteiger partial charge in [0.2, 0.25) is 5.91 Å². The van der Waals surface area contributed by atoms with Gasteiger partial charge in [0.05, 0.1) is 12.1 Å². The number of benzene rings is 2. The molecule has 0 bridgehead atoms. The molecule has 1 saturated heterocycles. The Kier molecular flexibility index (Phi) is 7.81. The summed E-state index contributed by atoms with van der Waals surface area (Å²) in [4.78, 5) is 21.0. The maximum Gasteiger partial charge on any atom is 0.223 e. The number of amides is 1. The Morgan fingerprint density at radius 3 is 2.00 bits per heavy atom. The van der Waals surface area contributed by atoms with Gasteiger partial charge in [-0.25, -0.2) is 0 Å². The van der Waals surface area contributed by atoms with Crippen molar-refractivity contribution in [1.82, 2.24) is 20.1 Å². The van der Waals surface area contributed by atoms with Crippen molar-refractivity contribution in [2.24, 2.45) is 0 Å². The average Bonchev–Trinajstić information content (AvgIpc) is 2.89. The lowest BCUT2D eigenvalue weighted by Gasteiger charge is -2.37. The number of nitrogens with one attached hydrogen (secondary N) is 1. The molecule has 1 amide bonds. The quantitative estimate of drug-likeness (QED) is 0.581. The standard InChI is InChI=1S/C27H29N5O/c28-21-25(22-11-14-29-15-12-22)31-17-19-32(20-18-31)26(33)13-16-30-27(23-7-3-1-4-8-23)24-9-5-2-6-10-24/h1-12,14-15,25,27,30H,13,16-20H2. The second-order valence-corrected chi connectivity index (χ2v) is 8.19. The predicted molar refractivity (Wildman–Crippen MR) is 128 cm³/mol. The van der Waals surface area contributed by atoms with Crippen LogP contribution in [0.3, 0.4) is 0 Å². The van der Waals surface area contributed by atoms with E-state index in [4.69, 9.17) is 0 Å². The summed E-state index contributed by atoms with van der Waals surface area (Å²) in [5, 5.41) is 13.2. The minimum absolute atomic E-state index is 0.0498. The van der Waals surface area contributed by atoms with Crippen LogP contribution in [0, 0.1) is 11.3 Å². The molecule has 4 rings (SSSR count). The molecule has 168 valence electrons. The molecule has 2 heterocycles. The molecule has 0 saturated carbocycles. The molecule has 0 aliphatic carbocycles. The molecule has 0 spiro atoms. The maximum atomic E-state index is 12.9. The van der Waals surface area contributed by atoms with Crippen LogP contribution in [0.2, 0.25) is 0 Å². The van der Waals surface area contributed by atoms with E-state index in [9.17, 15) is 10.1 Å². The molecule has 1 unspecified atom stereocenters. The maximum absolute atomic E-state index is 12.9. The van der Waals surface area contributed by atoms with Gasteiger partial charge in [-0.2, -0.15) is 5.26 Å². The van der Waals surface area contributed by atoms with Gasteiger partial charge < -0.3 is 10.2 Å². The summed E-state index contributed by atoms with van der Waals surface area (Å²) < 4.78 is 0. The monoisotopic (exact) mass is 439 g/mol. The molecular formula is C27H29N5O. The Morgan fingerprint density at radius 1 is 0.879 bits per heavy atom. The van der Waals surface area contributed by atoms with Gasteiger partial charge in [0.1, 0.15) is 6.04 Å². The van der Waals surface area contributed by atoms with Gasteiger partial charge in [-0.3, -0.25) is 14.7 Å². The van der Waals surface area contributed by atoms with Gasteiger partial charge in [0.25, 0.3) is 0 Å². The largest absolute Gasteiger partial charge is 0.340 e. The molecule has 1 fully saturated rings. The lowest BCUT2D eigenvalue weighted by atomic mass is 9.98. The molecular weight excluding hydrogens is 410 g/mol. The highest BCUT2D eigenvalue weighted by Gasteiger charge is 2.27. The van der Waals surface area contributed by atoms with Crippen molar-refractivity contribution in [3.05, 3.63) is 102 Å². The topological polar surface area (TPSA) is 72.3 Å². The first-order valence-electron chi connectivity index (χ1n) is 11.4. The molecule has 33 heavy (non-hydrogen) atoms. The van der Waals surface area contributed by atoms with E-state index in [-0.39, 0.29) is 18.0 Å². The van der Waals surface area contributed by atoms with E-state index >= 15 is 0 Å². The van der Waals surface area contributed by atoms with Crippen LogP contribution in [0.15, 0.2) is 85.2 Å². The number of nitriles is 1. The Hall–Kier alpha value is -3.53. The third-order valence-corrected chi connectivity index (χ3v) is 6.13. The summed E-state index contributed by atoms with van der Waals surface area (Å²) in [7, 11) is 0. The Bertz CT molecular complexity index is 1000. The van der Waals surface area contributed by atoms with Crippen LogP contribution in [-0.4, -0.2) is 53.4 Å². The second kappa shape index (κ2) is 11.4. The van der Waals surface area contributed by atoms with Gasteiger partial charge in [0, 0.05) is 51.5 Å². The second-order valence-electron chi connectivity index (χ2n) is 8.19. The number of carbonyl (C=O) groups is 1. The zero-order valence-electron chi connectivity index (χ0n) is 18.7. The Labute approximate surface area is 195 Å². The van der Waals surface area contributed by atoms with Crippen molar-refractivity contribution in [3.63, 3.8) is 0 Å². The minimum Gasteiger partial charge on any atom is -0.340 e. The summed E-state index contributed by atoms with van der Waals surface area (Å²) in [6.07, 6.45) is 3.87. The first kappa shape index (κ1) is 22.7. The van der Waals surface area contributed by atoms with E-state index in [2.05, 4.69) is 45.5 Å². The van der Waals surface area contributed by atoms with Gasteiger partial charge in [-0.15, -0.1) is 0 Å². The van der Waals surface area contributed by atoms with Crippen LogP contribution >= 0.6 is 0 Å². The molecule has 1 aliphatic rings. The van der Waals surface area contributed by atoms with Crippen molar-refractivity contribution in [2.75, 3.05) is 32.7 Å². The van der Waals surface area contributed by atoms with Crippen molar-refractivity contribution >= 4 is 5.91 Å². The molecule has 2 aromatic carbocycles. The fourth-order valence-electron chi connectivity index (χ4n) is 4.34. The lowest BCUT2D eigenvalue weighted by Crippen LogP contribution is -2.49. The number of pyridine rings is 1. The van der Waals surface area contributed by atoms with E-state index in [0.717, 1.165) is 5.56 Å². The zero-order valence-corrected chi connectivity index (χ0v) is 18.7. The third kappa shape index (κ3) is 5.83. The normalized spacial score (nSPS) is 15.2. The van der Waals surface area contributed by atoms with Crippen LogP contribution in [-0.2, 0) is 4.79 Å². The third-order valence-electron chi connectivity index (χ3n) is 6.13. The number of hydrogen-bond acceptors (Lipinski definition) is 5.